The molecule has 0 fully saturated rings. The molecule has 14 heavy (non-hydrogen) atoms. The van der Waals surface area contributed by atoms with Gasteiger partial charge in [0.2, 0.25) is 6.33 Å². The zero-order chi connectivity index (χ0) is 10.6. The number of rotatable bonds is 5. The van der Waals surface area contributed by atoms with Crippen LogP contribution in [0.2, 0.25) is 0 Å². The predicted molar refractivity (Wildman–Crippen MR) is 52.0 cm³/mol. The van der Waals surface area contributed by atoms with E-state index in [4.69, 9.17) is 0 Å². The SMILES string of the molecule is CC(C)NCCn1cnc([N+](=O)[O-])c1. The molecule has 1 N–H and O–H groups in total. The van der Waals surface area contributed by atoms with Gasteiger partial charge in [0.05, 0.1) is 0 Å². The molecule has 0 saturated carbocycles. The van der Waals surface area contributed by atoms with Crippen LogP contribution in [0.15, 0.2) is 12.5 Å². The highest BCUT2D eigenvalue weighted by molar-refractivity contribution is 5.12. The third-order valence-corrected chi connectivity index (χ3v) is 1.73. The molecule has 0 aliphatic heterocycles. The minimum absolute atomic E-state index is 0.102. The normalized spacial score (nSPS) is 10.8. The van der Waals surface area contributed by atoms with Crippen molar-refractivity contribution in [2.24, 2.45) is 0 Å². The average Bonchev–Trinajstić information content (AvgIpc) is 2.52. The Hall–Kier alpha value is -1.43. The van der Waals surface area contributed by atoms with Crippen LogP contribution in [0.1, 0.15) is 13.8 Å². The summed E-state index contributed by atoms with van der Waals surface area (Å²) in [6.07, 6.45) is 2.90. The second-order valence-corrected chi connectivity index (χ2v) is 3.34. The van der Waals surface area contributed by atoms with Gasteiger partial charge < -0.3 is 20.0 Å². The molecular formula is C8H14N4O2. The van der Waals surface area contributed by atoms with Gasteiger partial charge in [0.25, 0.3) is 0 Å². The van der Waals surface area contributed by atoms with E-state index in [9.17, 15) is 10.1 Å². The van der Waals surface area contributed by atoms with Crippen LogP contribution in [0.5, 0.6) is 0 Å². The summed E-state index contributed by atoms with van der Waals surface area (Å²) >= 11 is 0. The molecule has 0 spiro atoms. The van der Waals surface area contributed by atoms with E-state index in [1.165, 1.54) is 12.5 Å². The van der Waals surface area contributed by atoms with E-state index >= 15 is 0 Å². The zero-order valence-electron chi connectivity index (χ0n) is 8.30. The van der Waals surface area contributed by atoms with E-state index in [2.05, 4.69) is 24.1 Å². The number of imidazole rings is 1. The average molecular weight is 198 g/mol. The maximum Gasteiger partial charge on any atom is 0.381 e. The highest BCUT2D eigenvalue weighted by atomic mass is 16.6. The van der Waals surface area contributed by atoms with Crippen molar-refractivity contribution in [1.82, 2.24) is 14.9 Å². The molecular weight excluding hydrogens is 184 g/mol. The molecule has 0 atom stereocenters. The van der Waals surface area contributed by atoms with Gasteiger partial charge in [-0.15, -0.1) is 0 Å². The lowest BCUT2D eigenvalue weighted by atomic mass is 10.4. The fourth-order valence-corrected chi connectivity index (χ4v) is 1.05. The molecule has 1 aromatic heterocycles. The Morgan fingerprint density at radius 1 is 1.71 bits per heavy atom. The first-order chi connectivity index (χ1) is 6.59. The summed E-state index contributed by atoms with van der Waals surface area (Å²) < 4.78 is 1.70. The molecule has 0 aliphatic rings. The van der Waals surface area contributed by atoms with Crippen molar-refractivity contribution in [1.29, 1.82) is 0 Å². The molecule has 0 amide bonds. The summed E-state index contributed by atoms with van der Waals surface area (Å²) in [7, 11) is 0. The van der Waals surface area contributed by atoms with Gasteiger partial charge in [-0.3, -0.25) is 0 Å². The summed E-state index contributed by atoms with van der Waals surface area (Å²) in [6.45, 7) is 5.58. The van der Waals surface area contributed by atoms with Gasteiger partial charge >= 0.3 is 5.82 Å². The van der Waals surface area contributed by atoms with E-state index in [1.54, 1.807) is 4.57 Å². The van der Waals surface area contributed by atoms with Gasteiger partial charge in [-0.05, 0) is 9.91 Å². The zero-order valence-corrected chi connectivity index (χ0v) is 8.30. The highest BCUT2D eigenvalue weighted by Crippen LogP contribution is 2.04. The number of nitro groups is 1. The molecule has 0 aromatic carbocycles. The maximum absolute atomic E-state index is 10.3. The van der Waals surface area contributed by atoms with E-state index in [-0.39, 0.29) is 5.82 Å². The number of hydrogen-bond donors (Lipinski definition) is 1. The van der Waals surface area contributed by atoms with Crippen molar-refractivity contribution in [3.63, 3.8) is 0 Å². The number of nitrogens with zero attached hydrogens (tertiary/aromatic N) is 3. The molecule has 0 saturated heterocycles. The maximum atomic E-state index is 10.3. The molecule has 1 aromatic rings. The number of nitrogens with one attached hydrogen (secondary N) is 1. The molecule has 0 aliphatic carbocycles. The summed E-state index contributed by atoms with van der Waals surface area (Å²) in [6, 6.07) is 0.425. The van der Waals surface area contributed by atoms with E-state index in [1.807, 2.05) is 0 Å². The van der Waals surface area contributed by atoms with Crippen molar-refractivity contribution in [3.8, 4) is 0 Å². The Balaban J connectivity index is 2.40. The molecule has 0 unspecified atom stereocenters. The number of aromatic nitrogens is 2. The van der Waals surface area contributed by atoms with Crippen LogP contribution >= 0.6 is 0 Å². The fraction of sp³-hybridized carbons (Fsp3) is 0.625. The minimum atomic E-state index is -0.494. The second-order valence-electron chi connectivity index (χ2n) is 3.34. The van der Waals surface area contributed by atoms with Crippen molar-refractivity contribution < 1.29 is 4.92 Å². The van der Waals surface area contributed by atoms with Gasteiger partial charge in [-0.2, -0.15) is 0 Å². The standard InChI is InChI=1S/C8H14N4O2/c1-7(2)9-3-4-11-5-8(10-6-11)12(13)14/h5-7,9H,3-4H2,1-2H3. The summed E-state index contributed by atoms with van der Waals surface area (Å²) in [5, 5.41) is 13.5. The van der Waals surface area contributed by atoms with Crippen molar-refractivity contribution in [2.45, 2.75) is 26.4 Å². The van der Waals surface area contributed by atoms with Gasteiger partial charge in [-0.25, -0.2) is 0 Å². The monoisotopic (exact) mass is 198 g/mol. The van der Waals surface area contributed by atoms with Gasteiger partial charge in [-0.1, -0.05) is 13.8 Å². The van der Waals surface area contributed by atoms with Gasteiger partial charge in [0.1, 0.15) is 6.20 Å². The lowest BCUT2D eigenvalue weighted by Gasteiger charge is -2.06. The van der Waals surface area contributed by atoms with Crippen molar-refractivity contribution in [3.05, 3.63) is 22.6 Å². The lowest BCUT2D eigenvalue weighted by molar-refractivity contribution is -0.389. The van der Waals surface area contributed by atoms with Crippen LogP contribution < -0.4 is 5.32 Å². The predicted octanol–water partition coefficient (Wildman–Crippen LogP) is 0.789. The smallest absolute Gasteiger partial charge is 0.358 e. The molecule has 78 valence electrons. The Bertz CT molecular complexity index is 308. The van der Waals surface area contributed by atoms with Gasteiger partial charge in [0, 0.05) is 19.1 Å². The Morgan fingerprint density at radius 3 is 2.93 bits per heavy atom. The second kappa shape index (κ2) is 4.71. The third-order valence-electron chi connectivity index (χ3n) is 1.73. The van der Waals surface area contributed by atoms with E-state index in [0.717, 1.165) is 6.54 Å². The Kier molecular flexibility index (Phi) is 3.58. The summed E-state index contributed by atoms with van der Waals surface area (Å²) in [5.41, 5.74) is 0. The summed E-state index contributed by atoms with van der Waals surface area (Å²) in [4.78, 5) is 13.5. The third kappa shape index (κ3) is 3.14. The summed E-state index contributed by atoms with van der Waals surface area (Å²) in [5.74, 6) is -0.102. The Morgan fingerprint density at radius 2 is 2.43 bits per heavy atom. The molecule has 1 heterocycles. The van der Waals surface area contributed by atoms with Crippen LogP contribution in [0.25, 0.3) is 0 Å². The number of hydrogen-bond acceptors (Lipinski definition) is 4. The molecule has 1 rings (SSSR count). The highest BCUT2D eigenvalue weighted by Gasteiger charge is 2.08. The molecule has 0 bridgehead atoms. The van der Waals surface area contributed by atoms with Crippen LogP contribution in [0, 0.1) is 10.1 Å². The van der Waals surface area contributed by atoms with Crippen LogP contribution in [0.4, 0.5) is 5.82 Å². The minimum Gasteiger partial charge on any atom is -0.358 e. The molecule has 0 radical (unpaired) electrons. The quantitative estimate of drug-likeness (QED) is 0.560. The van der Waals surface area contributed by atoms with Crippen LogP contribution in [-0.4, -0.2) is 27.1 Å². The van der Waals surface area contributed by atoms with Crippen molar-refractivity contribution >= 4 is 5.82 Å². The van der Waals surface area contributed by atoms with Crippen LogP contribution in [-0.2, 0) is 6.54 Å². The Labute approximate surface area is 82.1 Å². The first-order valence-corrected chi connectivity index (χ1v) is 4.49. The fourth-order valence-electron chi connectivity index (χ4n) is 1.05. The molecule has 6 heteroatoms. The lowest BCUT2D eigenvalue weighted by Crippen LogP contribution is -2.26. The van der Waals surface area contributed by atoms with Gasteiger partial charge in [0.15, 0.2) is 0 Å². The van der Waals surface area contributed by atoms with Crippen molar-refractivity contribution in [2.75, 3.05) is 6.54 Å². The molecule has 6 nitrogen and oxygen atoms in total. The first-order valence-electron chi connectivity index (χ1n) is 4.49. The largest absolute Gasteiger partial charge is 0.381 e. The van der Waals surface area contributed by atoms with E-state index < -0.39 is 4.92 Å². The first kappa shape index (κ1) is 10.6. The topological polar surface area (TPSA) is 73.0 Å². The van der Waals surface area contributed by atoms with Crippen LogP contribution in [0.3, 0.4) is 0 Å². The van der Waals surface area contributed by atoms with E-state index in [0.29, 0.717) is 12.6 Å².